The second-order valence-electron chi connectivity index (χ2n) is 12.4. The highest BCUT2D eigenvalue weighted by molar-refractivity contribution is 7.26. The van der Waals surface area contributed by atoms with E-state index in [0.717, 1.165) is 50.2 Å². The Morgan fingerprint density at radius 2 is 1.29 bits per heavy atom. The molecule has 0 saturated carbocycles. The molecule has 8 aromatic rings. The fraction of sp³-hybridized carbons (Fsp3) is 0.0714. The summed E-state index contributed by atoms with van der Waals surface area (Å²) in [6.07, 6.45) is -0.323. The zero-order valence-electron chi connectivity index (χ0n) is 27.0. The fourth-order valence-corrected chi connectivity index (χ4v) is 8.16. The van der Waals surface area contributed by atoms with E-state index in [1.165, 1.54) is 25.7 Å². The first kappa shape index (κ1) is 29.1. The van der Waals surface area contributed by atoms with E-state index in [1.807, 2.05) is 42.6 Å². The third-order valence-corrected chi connectivity index (χ3v) is 10.7. The molecule has 6 nitrogen and oxygen atoms in total. The molecule has 236 valence electrons. The van der Waals surface area contributed by atoms with E-state index in [0.29, 0.717) is 5.84 Å². The Labute approximate surface area is 287 Å². The van der Waals surface area contributed by atoms with Crippen molar-refractivity contribution in [2.24, 2.45) is 24.1 Å². The standard InChI is InChI=1S/C42H31N5OS/c1-46-35-23-22-28(25-36(35)47(2)42(46)48)27-14-10-15-29(24-27)40-43-39(26-12-4-3-5-13-26)44-41(45-40)34-18-7-6-16-30(34)32-19-11-20-33-31-17-8-9-21-37(31)49-38(32)33/h3-25,39H,1-2H3,(H,43,44,45). The molecular weight excluding hydrogens is 623 g/mol. The van der Waals surface area contributed by atoms with Crippen LogP contribution >= 0.6 is 11.3 Å². The third kappa shape index (κ3) is 4.90. The maximum atomic E-state index is 12.6. The van der Waals surface area contributed by atoms with Crippen molar-refractivity contribution in [2.45, 2.75) is 6.17 Å². The van der Waals surface area contributed by atoms with E-state index in [-0.39, 0.29) is 11.9 Å². The summed E-state index contributed by atoms with van der Waals surface area (Å²) < 4.78 is 5.91. The van der Waals surface area contributed by atoms with Gasteiger partial charge in [-0.15, -0.1) is 11.3 Å². The van der Waals surface area contributed by atoms with E-state index in [2.05, 4.69) is 121 Å². The predicted octanol–water partition coefficient (Wildman–Crippen LogP) is 9.07. The number of fused-ring (bicyclic) bond motifs is 4. The van der Waals surface area contributed by atoms with Crippen LogP contribution in [0.25, 0.3) is 53.5 Å². The number of benzene rings is 6. The van der Waals surface area contributed by atoms with Crippen molar-refractivity contribution in [3.8, 4) is 22.3 Å². The van der Waals surface area contributed by atoms with Crippen LogP contribution in [-0.2, 0) is 14.1 Å². The van der Waals surface area contributed by atoms with Crippen molar-refractivity contribution in [1.29, 1.82) is 0 Å². The summed E-state index contributed by atoms with van der Waals surface area (Å²) in [5.41, 5.74) is 9.11. The summed E-state index contributed by atoms with van der Waals surface area (Å²) >= 11 is 1.83. The minimum atomic E-state index is -0.323. The number of thiophene rings is 1. The molecule has 49 heavy (non-hydrogen) atoms. The van der Waals surface area contributed by atoms with Crippen LogP contribution in [0.5, 0.6) is 0 Å². The average molecular weight is 654 g/mol. The van der Waals surface area contributed by atoms with Crippen LogP contribution in [0.15, 0.2) is 154 Å². The number of aromatic nitrogens is 2. The Kier molecular flexibility index (Phi) is 6.88. The highest BCUT2D eigenvalue weighted by atomic mass is 32.1. The summed E-state index contributed by atoms with van der Waals surface area (Å²) in [6, 6.07) is 48.5. The molecule has 0 fully saturated rings. The molecular formula is C42H31N5OS. The van der Waals surface area contributed by atoms with E-state index in [1.54, 1.807) is 16.2 Å². The van der Waals surface area contributed by atoms with Crippen LogP contribution in [0.3, 0.4) is 0 Å². The van der Waals surface area contributed by atoms with Gasteiger partial charge in [0.15, 0.2) is 5.84 Å². The molecule has 3 heterocycles. The number of hydrogen-bond acceptors (Lipinski definition) is 5. The Morgan fingerprint density at radius 3 is 2.16 bits per heavy atom. The molecule has 0 radical (unpaired) electrons. The molecule has 6 aromatic carbocycles. The van der Waals surface area contributed by atoms with Crippen molar-refractivity contribution in [1.82, 2.24) is 14.5 Å². The van der Waals surface area contributed by atoms with Crippen LogP contribution in [-0.4, -0.2) is 20.8 Å². The van der Waals surface area contributed by atoms with E-state index < -0.39 is 0 Å². The first-order chi connectivity index (χ1) is 24.0. The first-order valence-electron chi connectivity index (χ1n) is 16.3. The van der Waals surface area contributed by atoms with Crippen LogP contribution in [0.4, 0.5) is 0 Å². The number of aliphatic imine (C=N–C) groups is 2. The lowest BCUT2D eigenvalue weighted by atomic mass is 9.96. The predicted molar refractivity (Wildman–Crippen MR) is 204 cm³/mol. The molecule has 1 aliphatic rings. The summed E-state index contributed by atoms with van der Waals surface area (Å²) in [6.45, 7) is 0. The Morgan fingerprint density at radius 1 is 0.612 bits per heavy atom. The molecule has 7 heteroatoms. The normalized spacial score (nSPS) is 14.6. The summed E-state index contributed by atoms with van der Waals surface area (Å²) in [4.78, 5) is 23.1. The quantitative estimate of drug-likeness (QED) is 0.201. The maximum Gasteiger partial charge on any atom is 0.328 e. The third-order valence-electron chi connectivity index (χ3n) is 9.46. The van der Waals surface area contributed by atoms with Gasteiger partial charge in [-0.2, -0.15) is 0 Å². The molecule has 1 atom stereocenters. The van der Waals surface area contributed by atoms with Crippen molar-refractivity contribution in [3.05, 3.63) is 167 Å². The number of nitrogens with zero attached hydrogens (tertiary/aromatic N) is 4. The molecule has 0 spiro atoms. The molecule has 0 amide bonds. The number of imidazole rings is 1. The van der Waals surface area contributed by atoms with Gasteiger partial charge in [-0.05, 0) is 46.5 Å². The summed E-state index contributed by atoms with van der Waals surface area (Å²) in [5.74, 6) is 1.44. The summed E-state index contributed by atoms with van der Waals surface area (Å²) in [5, 5.41) is 6.17. The lowest BCUT2D eigenvalue weighted by Crippen LogP contribution is -2.33. The summed E-state index contributed by atoms with van der Waals surface area (Å²) in [7, 11) is 3.62. The van der Waals surface area contributed by atoms with Gasteiger partial charge < -0.3 is 5.32 Å². The zero-order valence-corrected chi connectivity index (χ0v) is 27.8. The second-order valence-corrected chi connectivity index (χ2v) is 13.4. The van der Waals surface area contributed by atoms with Gasteiger partial charge in [0.25, 0.3) is 0 Å². The van der Waals surface area contributed by atoms with Gasteiger partial charge in [0, 0.05) is 51.0 Å². The van der Waals surface area contributed by atoms with Crippen LogP contribution in [0.1, 0.15) is 22.9 Å². The number of aryl methyl sites for hydroxylation is 2. The monoisotopic (exact) mass is 653 g/mol. The number of nitrogens with one attached hydrogen (secondary N) is 1. The number of amidine groups is 2. The van der Waals surface area contributed by atoms with Crippen molar-refractivity contribution >= 4 is 54.2 Å². The zero-order chi connectivity index (χ0) is 33.1. The average Bonchev–Trinajstić information content (AvgIpc) is 3.65. The largest absolute Gasteiger partial charge is 0.344 e. The molecule has 1 aliphatic heterocycles. The molecule has 0 aliphatic carbocycles. The number of rotatable bonds is 5. The van der Waals surface area contributed by atoms with Crippen molar-refractivity contribution < 1.29 is 0 Å². The Balaban J connectivity index is 1.18. The number of hydrogen-bond donors (Lipinski definition) is 1. The molecule has 0 bridgehead atoms. The van der Waals surface area contributed by atoms with Gasteiger partial charge in [0.1, 0.15) is 12.0 Å². The molecule has 9 rings (SSSR count). The van der Waals surface area contributed by atoms with Crippen LogP contribution < -0.4 is 11.0 Å². The second kappa shape index (κ2) is 11.6. The lowest BCUT2D eigenvalue weighted by Gasteiger charge is -2.24. The Hall–Kier alpha value is -6.05. The van der Waals surface area contributed by atoms with Gasteiger partial charge in [0.2, 0.25) is 0 Å². The van der Waals surface area contributed by atoms with Crippen LogP contribution in [0, 0.1) is 0 Å². The van der Waals surface area contributed by atoms with Gasteiger partial charge in [-0.3, -0.25) is 9.13 Å². The van der Waals surface area contributed by atoms with Crippen molar-refractivity contribution in [3.63, 3.8) is 0 Å². The first-order valence-corrected chi connectivity index (χ1v) is 17.1. The molecule has 1 N–H and O–H groups in total. The van der Waals surface area contributed by atoms with Crippen LogP contribution in [0.2, 0.25) is 0 Å². The Bertz CT molecular complexity index is 2700. The highest BCUT2D eigenvalue weighted by Crippen LogP contribution is 2.41. The van der Waals surface area contributed by atoms with Crippen molar-refractivity contribution in [2.75, 3.05) is 0 Å². The maximum absolute atomic E-state index is 12.6. The van der Waals surface area contributed by atoms with E-state index in [4.69, 9.17) is 9.98 Å². The molecule has 1 unspecified atom stereocenters. The smallest absolute Gasteiger partial charge is 0.328 e. The fourth-order valence-electron chi connectivity index (χ4n) is 6.93. The van der Waals surface area contributed by atoms with Gasteiger partial charge in [0.05, 0.1) is 11.0 Å². The highest BCUT2D eigenvalue weighted by Gasteiger charge is 2.24. The van der Waals surface area contributed by atoms with E-state index in [9.17, 15) is 4.79 Å². The minimum absolute atomic E-state index is 0.0377. The van der Waals surface area contributed by atoms with Gasteiger partial charge in [-0.1, -0.05) is 115 Å². The topological polar surface area (TPSA) is 63.7 Å². The molecule has 2 aromatic heterocycles. The SMILES string of the molecule is Cn1c(=O)n(C)c2cc(-c3cccc(C4=NC(c5ccccc5-c5cccc6c5sc5ccccc56)=NC(c5ccccc5)N4)c3)ccc21. The molecule has 0 saturated heterocycles. The van der Waals surface area contributed by atoms with Gasteiger partial charge in [-0.25, -0.2) is 14.8 Å². The lowest BCUT2D eigenvalue weighted by molar-refractivity contribution is 0.674. The minimum Gasteiger partial charge on any atom is -0.344 e. The van der Waals surface area contributed by atoms with Gasteiger partial charge >= 0.3 is 5.69 Å². The van der Waals surface area contributed by atoms with E-state index >= 15 is 0 Å².